The molecule has 1 rings (SSSR count). The lowest BCUT2D eigenvalue weighted by Gasteiger charge is -2.23. The van der Waals surface area contributed by atoms with E-state index < -0.39 is 5.54 Å². The number of para-hydroxylation sites is 1. The van der Waals surface area contributed by atoms with Gasteiger partial charge in [-0.15, -0.1) is 0 Å². The molecule has 0 fully saturated rings. The Morgan fingerprint density at radius 2 is 1.94 bits per heavy atom. The molecular weight excluding hydrogens is 212 g/mol. The highest BCUT2D eigenvalue weighted by Gasteiger charge is 2.25. The molecule has 0 saturated carbocycles. The number of hydrogen-bond donors (Lipinski definition) is 2. The Bertz CT molecular complexity index is 386. The maximum atomic E-state index is 12.0. The molecule has 0 aliphatic heterocycles. The van der Waals surface area contributed by atoms with Crippen LogP contribution >= 0.6 is 0 Å². The minimum Gasteiger partial charge on any atom is -0.324 e. The number of carbonyl (C=O) groups excluding carboxylic acids is 1. The fraction of sp³-hybridized carbons (Fsp3) is 0.500. The van der Waals surface area contributed by atoms with Crippen LogP contribution in [0, 0.1) is 0 Å². The van der Waals surface area contributed by atoms with E-state index in [-0.39, 0.29) is 5.91 Å². The van der Waals surface area contributed by atoms with Gasteiger partial charge in [0.1, 0.15) is 0 Å². The van der Waals surface area contributed by atoms with E-state index in [0.717, 1.165) is 18.5 Å². The third kappa shape index (κ3) is 3.56. The molecule has 0 unspecified atom stereocenters. The van der Waals surface area contributed by atoms with Gasteiger partial charge in [-0.3, -0.25) is 4.79 Å². The summed E-state index contributed by atoms with van der Waals surface area (Å²) in [6.45, 7) is 5.87. The summed E-state index contributed by atoms with van der Waals surface area (Å²) in [7, 11) is 1.79. The molecule has 0 aliphatic carbocycles. The molecule has 94 valence electrons. The Morgan fingerprint density at radius 1 is 1.29 bits per heavy atom. The number of rotatable bonds is 5. The van der Waals surface area contributed by atoms with Crippen LogP contribution in [-0.2, 0) is 11.2 Å². The molecule has 3 heteroatoms. The van der Waals surface area contributed by atoms with E-state index in [1.807, 2.05) is 32.0 Å². The molecule has 3 nitrogen and oxygen atoms in total. The standard InChI is InChI=1S/C14H22N2O/c1-5-8-11-9-6-7-10-12(11)16-13(17)14(2,3)15-4/h6-7,9-10,15H,5,8H2,1-4H3,(H,16,17). The molecule has 0 radical (unpaired) electrons. The van der Waals surface area contributed by atoms with Gasteiger partial charge in [-0.05, 0) is 38.9 Å². The number of carbonyl (C=O) groups is 1. The Balaban J connectivity index is 2.84. The highest BCUT2D eigenvalue weighted by molar-refractivity contribution is 5.98. The minimum atomic E-state index is -0.556. The molecule has 0 atom stereocenters. The van der Waals surface area contributed by atoms with E-state index in [1.165, 1.54) is 5.56 Å². The molecule has 1 aromatic carbocycles. The van der Waals surface area contributed by atoms with Crippen LogP contribution in [0.4, 0.5) is 5.69 Å². The van der Waals surface area contributed by atoms with Crippen LogP contribution in [0.1, 0.15) is 32.8 Å². The van der Waals surface area contributed by atoms with Gasteiger partial charge in [-0.25, -0.2) is 0 Å². The van der Waals surface area contributed by atoms with Gasteiger partial charge < -0.3 is 10.6 Å². The number of likely N-dealkylation sites (N-methyl/N-ethyl adjacent to an activating group) is 1. The number of benzene rings is 1. The van der Waals surface area contributed by atoms with E-state index in [1.54, 1.807) is 7.05 Å². The lowest BCUT2D eigenvalue weighted by Crippen LogP contribution is -2.48. The molecule has 0 aliphatic rings. The van der Waals surface area contributed by atoms with Crippen molar-refractivity contribution in [1.82, 2.24) is 5.32 Å². The average molecular weight is 234 g/mol. The molecule has 17 heavy (non-hydrogen) atoms. The summed E-state index contributed by atoms with van der Waals surface area (Å²) in [4.78, 5) is 12.0. The van der Waals surface area contributed by atoms with Gasteiger partial charge in [0, 0.05) is 5.69 Å². The molecule has 1 amide bonds. The summed E-state index contributed by atoms with van der Waals surface area (Å²) in [5.74, 6) is -0.0106. The van der Waals surface area contributed by atoms with Crippen LogP contribution in [-0.4, -0.2) is 18.5 Å². The van der Waals surface area contributed by atoms with Gasteiger partial charge in [0.25, 0.3) is 0 Å². The largest absolute Gasteiger partial charge is 0.324 e. The number of anilines is 1. The molecule has 1 aromatic rings. The summed E-state index contributed by atoms with van der Waals surface area (Å²) in [5, 5.41) is 5.99. The summed E-state index contributed by atoms with van der Waals surface area (Å²) < 4.78 is 0. The maximum Gasteiger partial charge on any atom is 0.244 e. The Kier molecular flexibility index (Phi) is 4.70. The van der Waals surface area contributed by atoms with E-state index in [2.05, 4.69) is 23.6 Å². The Hall–Kier alpha value is -1.35. The molecular formula is C14H22N2O. The summed E-state index contributed by atoms with van der Waals surface area (Å²) in [6.07, 6.45) is 2.05. The van der Waals surface area contributed by atoms with Crippen molar-refractivity contribution in [3.8, 4) is 0 Å². The number of nitrogens with one attached hydrogen (secondary N) is 2. The van der Waals surface area contributed by atoms with Crippen molar-refractivity contribution in [1.29, 1.82) is 0 Å². The summed E-state index contributed by atoms with van der Waals surface area (Å²) >= 11 is 0. The van der Waals surface area contributed by atoms with Crippen LogP contribution < -0.4 is 10.6 Å². The normalized spacial score (nSPS) is 11.3. The van der Waals surface area contributed by atoms with Gasteiger partial charge in [0.15, 0.2) is 0 Å². The van der Waals surface area contributed by atoms with Crippen LogP contribution in [0.3, 0.4) is 0 Å². The van der Waals surface area contributed by atoms with E-state index in [4.69, 9.17) is 0 Å². The van der Waals surface area contributed by atoms with Crippen molar-refractivity contribution in [2.75, 3.05) is 12.4 Å². The van der Waals surface area contributed by atoms with Crippen molar-refractivity contribution in [3.63, 3.8) is 0 Å². The summed E-state index contributed by atoms with van der Waals surface area (Å²) in [6, 6.07) is 7.96. The fourth-order valence-corrected chi connectivity index (χ4v) is 1.52. The predicted octanol–water partition coefficient (Wildman–Crippen LogP) is 2.58. The monoisotopic (exact) mass is 234 g/mol. The van der Waals surface area contributed by atoms with Crippen molar-refractivity contribution in [2.45, 2.75) is 39.2 Å². The van der Waals surface area contributed by atoms with Crippen molar-refractivity contribution in [3.05, 3.63) is 29.8 Å². The lowest BCUT2D eigenvalue weighted by molar-refractivity contribution is -0.121. The smallest absolute Gasteiger partial charge is 0.244 e. The number of amides is 1. The molecule has 2 N–H and O–H groups in total. The highest BCUT2D eigenvalue weighted by Crippen LogP contribution is 2.18. The second kappa shape index (κ2) is 5.82. The maximum absolute atomic E-state index is 12.0. The van der Waals surface area contributed by atoms with Gasteiger partial charge in [-0.1, -0.05) is 31.5 Å². The first kappa shape index (κ1) is 13.7. The fourth-order valence-electron chi connectivity index (χ4n) is 1.52. The van der Waals surface area contributed by atoms with Crippen LogP contribution in [0.5, 0.6) is 0 Å². The molecule has 0 bridgehead atoms. The van der Waals surface area contributed by atoms with Gasteiger partial charge in [0.05, 0.1) is 5.54 Å². The van der Waals surface area contributed by atoms with Crippen molar-refractivity contribution >= 4 is 11.6 Å². The first-order chi connectivity index (χ1) is 8.01. The predicted molar refractivity (Wildman–Crippen MR) is 72.2 cm³/mol. The second-order valence-electron chi connectivity index (χ2n) is 4.74. The third-order valence-corrected chi connectivity index (χ3v) is 2.98. The zero-order chi connectivity index (χ0) is 12.9. The molecule has 0 spiro atoms. The SMILES string of the molecule is CCCc1ccccc1NC(=O)C(C)(C)NC. The molecule has 0 aromatic heterocycles. The Morgan fingerprint density at radius 3 is 2.53 bits per heavy atom. The van der Waals surface area contributed by atoms with Crippen LogP contribution in [0.15, 0.2) is 24.3 Å². The quantitative estimate of drug-likeness (QED) is 0.822. The average Bonchev–Trinajstić information content (AvgIpc) is 2.32. The number of hydrogen-bond acceptors (Lipinski definition) is 2. The molecule has 0 heterocycles. The van der Waals surface area contributed by atoms with E-state index in [9.17, 15) is 4.79 Å². The minimum absolute atomic E-state index is 0.0106. The van der Waals surface area contributed by atoms with Crippen LogP contribution in [0.2, 0.25) is 0 Å². The highest BCUT2D eigenvalue weighted by atomic mass is 16.2. The first-order valence-corrected chi connectivity index (χ1v) is 6.09. The zero-order valence-electron chi connectivity index (χ0n) is 11.1. The van der Waals surface area contributed by atoms with Gasteiger partial charge in [0.2, 0.25) is 5.91 Å². The van der Waals surface area contributed by atoms with E-state index in [0.29, 0.717) is 0 Å². The van der Waals surface area contributed by atoms with Gasteiger partial charge >= 0.3 is 0 Å². The second-order valence-corrected chi connectivity index (χ2v) is 4.74. The summed E-state index contributed by atoms with van der Waals surface area (Å²) in [5.41, 5.74) is 1.55. The third-order valence-electron chi connectivity index (χ3n) is 2.98. The lowest BCUT2D eigenvalue weighted by atomic mass is 10.0. The van der Waals surface area contributed by atoms with Crippen molar-refractivity contribution in [2.24, 2.45) is 0 Å². The topological polar surface area (TPSA) is 41.1 Å². The first-order valence-electron chi connectivity index (χ1n) is 6.09. The van der Waals surface area contributed by atoms with Gasteiger partial charge in [-0.2, -0.15) is 0 Å². The zero-order valence-corrected chi connectivity index (χ0v) is 11.1. The van der Waals surface area contributed by atoms with Crippen LogP contribution in [0.25, 0.3) is 0 Å². The Labute approximate surface area is 104 Å². The molecule has 0 saturated heterocycles. The van der Waals surface area contributed by atoms with E-state index >= 15 is 0 Å². The number of aryl methyl sites for hydroxylation is 1. The van der Waals surface area contributed by atoms with Crippen molar-refractivity contribution < 1.29 is 4.79 Å².